The van der Waals surface area contributed by atoms with Crippen molar-refractivity contribution in [2.24, 2.45) is 5.73 Å². The number of carbonyl (C=O) groups is 3. The van der Waals surface area contributed by atoms with Gasteiger partial charge >= 0.3 is 5.97 Å². The van der Waals surface area contributed by atoms with Gasteiger partial charge in [-0.3, -0.25) is 14.9 Å². The highest BCUT2D eigenvalue weighted by Gasteiger charge is 2.29. The number of imidazole rings is 1. The normalized spacial score (nSPS) is 18.9. The number of primary amides is 1. The number of hydrogen-bond acceptors (Lipinski definition) is 5. The van der Waals surface area contributed by atoms with E-state index >= 15 is 0 Å². The fourth-order valence-electron chi connectivity index (χ4n) is 2.03. The molecule has 20 heavy (non-hydrogen) atoms. The van der Waals surface area contributed by atoms with E-state index < -0.39 is 36.3 Å². The van der Waals surface area contributed by atoms with E-state index in [0.29, 0.717) is 13.0 Å². The van der Waals surface area contributed by atoms with Crippen LogP contribution in [-0.2, 0) is 27.3 Å². The van der Waals surface area contributed by atoms with Gasteiger partial charge in [-0.2, -0.15) is 0 Å². The third-order valence-corrected chi connectivity index (χ3v) is 3.07. The number of nitrogens with zero attached hydrogens (tertiary/aromatic N) is 1. The zero-order valence-electron chi connectivity index (χ0n) is 10.5. The Labute approximate surface area is 113 Å². The lowest BCUT2D eigenvalue weighted by molar-refractivity contribution is -0.143. The predicted molar refractivity (Wildman–Crippen MR) is 66.3 cm³/mol. The van der Waals surface area contributed by atoms with Crippen LogP contribution in [0.5, 0.6) is 0 Å². The first kappa shape index (κ1) is 14.0. The number of carboxylic acid groups (broad SMARTS) is 1. The van der Waals surface area contributed by atoms with Gasteiger partial charge in [0.2, 0.25) is 11.8 Å². The first-order chi connectivity index (χ1) is 9.47. The summed E-state index contributed by atoms with van der Waals surface area (Å²) in [6.07, 6.45) is 1.45. The SMILES string of the molecule is NC(=O)C[C@@H](NC(=O)C1Cc2nc[nH]c2CN1)C(=O)O. The van der Waals surface area contributed by atoms with Crippen LogP contribution in [0, 0.1) is 0 Å². The fourth-order valence-corrected chi connectivity index (χ4v) is 2.03. The average molecular weight is 281 g/mol. The van der Waals surface area contributed by atoms with Crippen LogP contribution in [0.4, 0.5) is 0 Å². The zero-order valence-corrected chi connectivity index (χ0v) is 10.5. The third kappa shape index (κ3) is 3.12. The molecular weight excluding hydrogens is 266 g/mol. The van der Waals surface area contributed by atoms with E-state index in [-0.39, 0.29) is 0 Å². The maximum Gasteiger partial charge on any atom is 0.326 e. The van der Waals surface area contributed by atoms with E-state index in [1.807, 2.05) is 0 Å². The number of carbonyl (C=O) groups excluding carboxylic acids is 2. The Morgan fingerprint density at radius 2 is 2.30 bits per heavy atom. The molecule has 1 aliphatic heterocycles. The molecule has 0 aromatic carbocycles. The Bertz CT molecular complexity index is 541. The molecule has 2 amide bonds. The molecule has 2 heterocycles. The van der Waals surface area contributed by atoms with Gasteiger partial charge in [-0.15, -0.1) is 0 Å². The molecule has 6 N–H and O–H groups in total. The summed E-state index contributed by atoms with van der Waals surface area (Å²) in [5.74, 6) is -2.58. The molecule has 1 aromatic rings. The van der Waals surface area contributed by atoms with Gasteiger partial charge in [-0.1, -0.05) is 0 Å². The van der Waals surface area contributed by atoms with Gasteiger partial charge in [0, 0.05) is 13.0 Å². The van der Waals surface area contributed by atoms with Gasteiger partial charge in [0.05, 0.1) is 30.2 Å². The number of nitrogens with one attached hydrogen (secondary N) is 3. The van der Waals surface area contributed by atoms with Crippen molar-refractivity contribution in [2.75, 3.05) is 0 Å². The van der Waals surface area contributed by atoms with Gasteiger partial charge in [-0.05, 0) is 0 Å². The predicted octanol–water partition coefficient (Wildman–Crippen LogP) is -2.13. The minimum atomic E-state index is -1.32. The molecule has 9 nitrogen and oxygen atoms in total. The molecule has 1 aromatic heterocycles. The van der Waals surface area contributed by atoms with Gasteiger partial charge in [-0.25, -0.2) is 9.78 Å². The number of aliphatic carboxylic acids is 1. The molecule has 108 valence electrons. The molecule has 0 saturated carbocycles. The number of H-pyrrole nitrogens is 1. The lowest BCUT2D eigenvalue weighted by atomic mass is 10.0. The van der Waals surface area contributed by atoms with E-state index in [0.717, 1.165) is 11.4 Å². The van der Waals surface area contributed by atoms with E-state index in [9.17, 15) is 14.4 Å². The van der Waals surface area contributed by atoms with Crippen LogP contribution in [0.25, 0.3) is 0 Å². The minimum absolute atomic E-state index is 0.355. The molecule has 2 rings (SSSR count). The third-order valence-electron chi connectivity index (χ3n) is 3.07. The van der Waals surface area contributed by atoms with Crippen LogP contribution < -0.4 is 16.4 Å². The quantitative estimate of drug-likeness (QED) is 0.416. The fraction of sp³-hybridized carbons (Fsp3) is 0.455. The summed E-state index contributed by atoms with van der Waals surface area (Å²) >= 11 is 0. The van der Waals surface area contributed by atoms with Crippen molar-refractivity contribution in [1.82, 2.24) is 20.6 Å². The lowest BCUT2D eigenvalue weighted by Crippen LogP contribution is -2.53. The number of rotatable bonds is 5. The summed E-state index contributed by atoms with van der Waals surface area (Å²) in [4.78, 5) is 40.8. The Balaban J connectivity index is 1.98. The Hall–Kier alpha value is -2.42. The van der Waals surface area contributed by atoms with Crippen LogP contribution in [0.2, 0.25) is 0 Å². The van der Waals surface area contributed by atoms with Gasteiger partial charge in [0.1, 0.15) is 6.04 Å². The van der Waals surface area contributed by atoms with E-state index in [1.165, 1.54) is 0 Å². The lowest BCUT2D eigenvalue weighted by Gasteiger charge is -2.23. The van der Waals surface area contributed by atoms with E-state index in [2.05, 4.69) is 20.6 Å². The van der Waals surface area contributed by atoms with Crippen molar-refractivity contribution < 1.29 is 19.5 Å². The number of nitrogens with two attached hydrogens (primary N) is 1. The highest BCUT2D eigenvalue weighted by atomic mass is 16.4. The van der Waals surface area contributed by atoms with Crippen LogP contribution in [0.1, 0.15) is 17.8 Å². The molecule has 9 heteroatoms. The summed E-state index contributed by atoms with van der Waals surface area (Å²) in [5, 5.41) is 14.2. The summed E-state index contributed by atoms with van der Waals surface area (Å²) in [6, 6.07) is -1.90. The van der Waals surface area contributed by atoms with Crippen LogP contribution in [-0.4, -0.2) is 44.9 Å². The highest BCUT2D eigenvalue weighted by molar-refractivity contribution is 5.90. The number of carboxylic acids is 1. The topological polar surface area (TPSA) is 150 Å². The molecule has 2 atom stereocenters. The molecule has 1 aliphatic rings. The number of hydrogen-bond donors (Lipinski definition) is 5. The van der Waals surface area contributed by atoms with E-state index in [1.54, 1.807) is 6.33 Å². The van der Waals surface area contributed by atoms with Crippen LogP contribution >= 0.6 is 0 Å². The summed E-state index contributed by atoms with van der Waals surface area (Å²) in [5.41, 5.74) is 6.62. The second kappa shape index (κ2) is 5.70. The first-order valence-electron chi connectivity index (χ1n) is 6.03. The number of aromatic nitrogens is 2. The van der Waals surface area contributed by atoms with Crippen LogP contribution in [0.3, 0.4) is 0 Å². The average Bonchev–Trinajstić information content (AvgIpc) is 2.84. The van der Waals surface area contributed by atoms with Crippen LogP contribution in [0.15, 0.2) is 6.33 Å². The van der Waals surface area contributed by atoms with Crippen molar-refractivity contribution in [1.29, 1.82) is 0 Å². The van der Waals surface area contributed by atoms with Crippen molar-refractivity contribution in [2.45, 2.75) is 31.5 Å². The largest absolute Gasteiger partial charge is 0.480 e. The summed E-state index contributed by atoms with van der Waals surface area (Å²) in [6.45, 7) is 0.445. The van der Waals surface area contributed by atoms with Crippen molar-refractivity contribution >= 4 is 17.8 Å². The van der Waals surface area contributed by atoms with Gasteiger partial charge < -0.3 is 21.1 Å². The monoisotopic (exact) mass is 281 g/mol. The number of fused-ring (bicyclic) bond motifs is 1. The second-order valence-electron chi connectivity index (χ2n) is 4.54. The maximum absolute atomic E-state index is 12.0. The molecular formula is C11H15N5O4. The highest BCUT2D eigenvalue weighted by Crippen LogP contribution is 2.12. The standard InChI is InChI=1S/C11H15N5O4/c12-9(17)2-7(11(19)20)16-10(18)6-1-5-8(3-13-6)15-4-14-5/h4,6-7,13H,1-3H2,(H2,12,17)(H,14,15)(H,16,18)(H,19,20)/t6?,7-/m1/s1. The van der Waals surface area contributed by atoms with Gasteiger partial charge in [0.25, 0.3) is 0 Å². The first-order valence-corrected chi connectivity index (χ1v) is 6.03. The second-order valence-corrected chi connectivity index (χ2v) is 4.54. The number of amides is 2. The molecule has 0 bridgehead atoms. The maximum atomic E-state index is 12.0. The van der Waals surface area contributed by atoms with E-state index in [4.69, 9.17) is 10.8 Å². The van der Waals surface area contributed by atoms with Crippen molar-refractivity contribution in [3.8, 4) is 0 Å². The van der Waals surface area contributed by atoms with Gasteiger partial charge in [0.15, 0.2) is 0 Å². The van der Waals surface area contributed by atoms with Crippen molar-refractivity contribution in [3.63, 3.8) is 0 Å². The summed E-state index contributed by atoms with van der Waals surface area (Å²) < 4.78 is 0. The Morgan fingerprint density at radius 3 is 2.95 bits per heavy atom. The molecule has 0 radical (unpaired) electrons. The Kier molecular flexibility index (Phi) is 3.99. The zero-order chi connectivity index (χ0) is 14.7. The Morgan fingerprint density at radius 1 is 1.55 bits per heavy atom. The molecule has 1 unspecified atom stereocenters. The molecule has 0 saturated heterocycles. The molecule has 0 aliphatic carbocycles. The molecule has 0 fully saturated rings. The molecule has 0 spiro atoms. The minimum Gasteiger partial charge on any atom is -0.480 e. The summed E-state index contributed by atoms with van der Waals surface area (Å²) in [7, 11) is 0. The smallest absolute Gasteiger partial charge is 0.326 e. The van der Waals surface area contributed by atoms with Crippen molar-refractivity contribution in [3.05, 3.63) is 17.7 Å². The number of aromatic amines is 1.